The molecule has 1 atom stereocenters. The summed E-state index contributed by atoms with van der Waals surface area (Å²) in [4.78, 5) is 28.3. The van der Waals surface area contributed by atoms with Gasteiger partial charge in [0.15, 0.2) is 0 Å². The monoisotopic (exact) mass is 340 g/mol. The summed E-state index contributed by atoms with van der Waals surface area (Å²) in [5.41, 5.74) is 2.32. The lowest BCUT2D eigenvalue weighted by Gasteiger charge is -2.39. The molecule has 2 aromatic rings. The zero-order valence-electron chi connectivity index (χ0n) is 14.4. The number of halogens is 1. The fourth-order valence-corrected chi connectivity index (χ4v) is 3.07. The van der Waals surface area contributed by atoms with Crippen LogP contribution in [0.3, 0.4) is 0 Å². The summed E-state index contributed by atoms with van der Waals surface area (Å²) >= 11 is 0. The van der Waals surface area contributed by atoms with Crippen molar-refractivity contribution in [2.24, 2.45) is 0 Å². The molecule has 0 aliphatic carbocycles. The molecule has 0 bridgehead atoms. The first kappa shape index (κ1) is 17.1. The molecule has 130 valence electrons. The minimum atomic E-state index is -0.395. The van der Waals surface area contributed by atoms with Gasteiger partial charge in [0.2, 0.25) is 11.8 Å². The lowest BCUT2D eigenvalue weighted by atomic mass is 10.1. The predicted octanol–water partition coefficient (Wildman–Crippen LogP) is 2.94. The molecule has 1 aliphatic rings. The highest BCUT2D eigenvalue weighted by Crippen LogP contribution is 2.21. The van der Waals surface area contributed by atoms with Crippen LogP contribution in [0.4, 0.5) is 10.1 Å². The minimum Gasteiger partial charge on any atom is -0.329 e. The summed E-state index contributed by atoms with van der Waals surface area (Å²) in [6.07, 6.45) is -0.0329. The van der Waals surface area contributed by atoms with E-state index < -0.39 is 5.82 Å². The normalized spacial score (nSPS) is 17.7. The van der Waals surface area contributed by atoms with Gasteiger partial charge in [0.1, 0.15) is 12.4 Å². The molecule has 3 rings (SSSR count). The number of anilines is 1. The number of piperazine rings is 1. The Bertz CT molecular complexity index is 789. The van der Waals surface area contributed by atoms with E-state index in [1.165, 1.54) is 6.07 Å². The molecule has 1 saturated heterocycles. The Morgan fingerprint density at radius 3 is 2.52 bits per heavy atom. The van der Waals surface area contributed by atoms with Crippen LogP contribution in [0.15, 0.2) is 48.5 Å². The molecule has 1 fully saturated rings. The molecule has 0 N–H and O–H groups in total. The first-order valence-electron chi connectivity index (χ1n) is 8.35. The van der Waals surface area contributed by atoms with Gasteiger partial charge in [-0.25, -0.2) is 4.39 Å². The fraction of sp³-hybridized carbons (Fsp3) is 0.300. The largest absolute Gasteiger partial charge is 0.329 e. The van der Waals surface area contributed by atoms with Crippen molar-refractivity contribution in [2.75, 3.05) is 18.0 Å². The van der Waals surface area contributed by atoms with E-state index in [1.54, 1.807) is 28.0 Å². The van der Waals surface area contributed by atoms with E-state index in [9.17, 15) is 14.0 Å². The molecular formula is C20H21FN2O2. The Labute approximate surface area is 146 Å². The van der Waals surface area contributed by atoms with Crippen molar-refractivity contribution in [3.8, 4) is 0 Å². The molecule has 2 aromatic carbocycles. The van der Waals surface area contributed by atoms with Crippen LogP contribution in [0.1, 0.15) is 18.1 Å². The van der Waals surface area contributed by atoms with Gasteiger partial charge in [-0.15, -0.1) is 0 Å². The third kappa shape index (κ3) is 3.71. The Kier molecular flexibility index (Phi) is 4.83. The van der Waals surface area contributed by atoms with E-state index in [-0.39, 0.29) is 30.8 Å². The van der Waals surface area contributed by atoms with Crippen LogP contribution in [0.5, 0.6) is 0 Å². The summed E-state index contributed by atoms with van der Waals surface area (Å²) in [6, 6.07) is 13.9. The van der Waals surface area contributed by atoms with Gasteiger partial charge < -0.3 is 9.80 Å². The summed E-state index contributed by atoms with van der Waals surface area (Å²) in [5.74, 6) is -0.744. The van der Waals surface area contributed by atoms with Crippen LogP contribution in [0, 0.1) is 12.7 Å². The van der Waals surface area contributed by atoms with Crippen LogP contribution in [-0.4, -0.2) is 35.8 Å². The van der Waals surface area contributed by atoms with E-state index in [2.05, 4.69) is 0 Å². The van der Waals surface area contributed by atoms with Gasteiger partial charge in [0.05, 0.1) is 6.42 Å². The van der Waals surface area contributed by atoms with Gasteiger partial charge in [0.25, 0.3) is 0 Å². The Hall–Kier alpha value is -2.69. The van der Waals surface area contributed by atoms with Crippen molar-refractivity contribution in [2.45, 2.75) is 26.3 Å². The second kappa shape index (κ2) is 7.05. The van der Waals surface area contributed by atoms with Crippen molar-refractivity contribution in [3.63, 3.8) is 0 Å². The smallest absolute Gasteiger partial charge is 0.246 e. The first-order valence-corrected chi connectivity index (χ1v) is 8.35. The third-order valence-electron chi connectivity index (χ3n) is 4.55. The molecule has 0 aromatic heterocycles. The van der Waals surface area contributed by atoms with Gasteiger partial charge in [-0.2, -0.15) is 0 Å². The van der Waals surface area contributed by atoms with E-state index >= 15 is 0 Å². The summed E-state index contributed by atoms with van der Waals surface area (Å²) < 4.78 is 13.8. The number of carbonyl (C=O) groups is 2. The number of amides is 2. The molecular weight excluding hydrogens is 319 g/mol. The van der Waals surface area contributed by atoms with Gasteiger partial charge in [-0.1, -0.05) is 35.9 Å². The number of rotatable bonds is 3. The second-order valence-electron chi connectivity index (χ2n) is 6.48. The standard InChI is InChI=1S/C20H21FN2O2/c1-14-7-9-17(10-8-14)23-12-15(2)22(13-20(23)25)19(24)11-16-5-3-4-6-18(16)21/h3-10,15H,11-13H2,1-2H3/t15-/m0/s1. The Balaban J connectivity index is 1.71. The summed E-state index contributed by atoms with van der Waals surface area (Å²) in [5, 5.41) is 0. The number of hydrogen-bond acceptors (Lipinski definition) is 2. The summed E-state index contributed by atoms with van der Waals surface area (Å²) in [6.45, 7) is 4.35. The zero-order valence-corrected chi connectivity index (χ0v) is 14.4. The predicted molar refractivity (Wildman–Crippen MR) is 94.8 cm³/mol. The van der Waals surface area contributed by atoms with E-state index in [1.807, 2.05) is 38.1 Å². The van der Waals surface area contributed by atoms with Crippen LogP contribution in [0.25, 0.3) is 0 Å². The molecule has 2 amide bonds. The third-order valence-corrected chi connectivity index (χ3v) is 4.55. The second-order valence-corrected chi connectivity index (χ2v) is 6.48. The maximum atomic E-state index is 13.8. The zero-order chi connectivity index (χ0) is 18.0. The number of hydrogen-bond donors (Lipinski definition) is 0. The molecule has 25 heavy (non-hydrogen) atoms. The van der Waals surface area contributed by atoms with Crippen molar-refractivity contribution in [1.82, 2.24) is 4.90 Å². The first-order chi connectivity index (χ1) is 12.0. The number of carbonyl (C=O) groups excluding carboxylic acids is 2. The molecule has 1 heterocycles. The van der Waals surface area contributed by atoms with Crippen LogP contribution in [0.2, 0.25) is 0 Å². The average Bonchev–Trinajstić information content (AvgIpc) is 2.59. The molecule has 0 saturated carbocycles. The average molecular weight is 340 g/mol. The maximum absolute atomic E-state index is 13.8. The minimum absolute atomic E-state index is 0.0162. The number of nitrogens with zero attached hydrogens (tertiary/aromatic N) is 2. The van der Waals surface area contributed by atoms with E-state index in [4.69, 9.17) is 0 Å². The molecule has 0 spiro atoms. The van der Waals surface area contributed by atoms with Gasteiger partial charge in [0, 0.05) is 18.3 Å². The molecule has 5 heteroatoms. The van der Waals surface area contributed by atoms with Crippen molar-refractivity contribution < 1.29 is 14.0 Å². The number of aryl methyl sites for hydroxylation is 1. The molecule has 0 radical (unpaired) electrons. The van der Waals surface area contributed by atoms with E-state index in [0.29, 0.717) is 12.1 Å². The van der Waals surface area contributed by atoms with Gasteiger partial charge in [-0.05, 0) is 37.6 Å². The fourth-order valence-electron chi connectivity index (χ4n) is 3.07. The SMILES string of the molecule is Cc1ccc(N2C[C@H](C)N(C(=O)Cc3ccccc3F)CC2=O)cc1. The molecule has 4 nitrogen and oxygen atoms in total. The van der Waals surface area contributed by atoms with Gasteiger partial charge in [-0.3, -0.25) is 9.59 Å². The highest BCUT2D eigenvalue weighted by Gasteiger charge is 2.33. The lowest BCUT2D eigenvalue weighted by Crippen LogP contribution is -2.57. The Morgan fingerprint density at radius 1 is 1.16 bits per heavy atom. The van der Waals surface area contributed by atoms with Crippen LogP contribution >= 0.6 is 0 Å². The molecule has 0 unspecified atom stereocenters. The summed E-state index contributed by atoms with van der Waals surface area (Å²) in [7, 11) is 0. The highest BCUT2D eigenvalue weighted by molar-refractivity contribution is 5.98. The van der Waals surface area contributed by atoms with Crippen molar-refractivity contribution in [1.29, 1.82) is 0 Å². The van der Waals surface area contributed by atoms with Crippen LogP contribution in [-0.2, 0) is 16.0 Å². The topological polar surface area (TPSA) is 40.6 Å². The molecule has 1 aliphatic heterocycles. The van der Waals surface area contributed by atoms with Crippen molar-refractivity contribution >= 4 is 17.5 Å². The van der Waals surface area contributed by atoms with Gasteiger partial charge >= 0.3 is 0 Å². The highest BCUT2D eigenvalue weighted by atomic mass is 19.1. The van der Waals surface area contributed by atoms with E-state index in [0.717, 1.165) is 11.3 Å². The Morgan fingerprint density at radius 2 is 1.84 bits per heavy atom. The maximum Gasteiger partial charge on any atom is 0.246 e. The van der Waals surface area contributed by atoms with Crippen molar-refractivity contribution in [3.05, 3.63) is 65.5 Å². The lowest BCUT2D eigenvalue weighted by molar-refractivity contribution is -0.138. The quantitative estimate of drug-likeness (QED) is 0.862. The van der Waals surface area contributed by atoms with Crippen LogP contribution < -0.4 is 4.90 Å². The number of benzene rings is 2.